The fourth-order valence-corrected chi connectivity index (χ4v) is 4.10. The molecule has 0 atom stereocenters. The third kappa shape index (κ3) is 8.45. The van der Waals surface area contributed by atoms with E-state index in [-0.39, 0.29) is 16.9 Å². The number of phenolic OH excluding ortho intramolecular Hbond substituents is 1. The quantitative estimate of drug-likeness (QED) is 0.280. The lowest BCUT2D eigenvalue weighted by Crippen LogP contribution is -2.32. The van der Waals surface area contributed by atoms with Crippen molar-refractivity contribution < 1.29 is 9.90 Å². The molecule has 0 bridgehead atoms. The Labute approximate surface area is 213 Å². The maximum atomic E-state index is 12.8. The number of hydrogen-bond donors (Lipinski definition) is 2. The molecule has 0 aliphatic heterocycles. The third-order valence-electron chi connectivity index (χ3n) is 6.35. The summed E-state index contributed by atoms with van der Waals surface area (Å²) in [6.45, 7) is 15.7. The van der Waals surface area contributed by atoms with Crippen LogP contribution < -0.4 is 5.32 Å². The van der Waals surface area contributed by atoms with Crippen LogP contribution in [0.15, 0.2) is 36.4 Å². The minimum atomic E-state index is -0.180. The van der Waals surface area contributed by atoms with E-state index in [1.165, 1.54) is 19.3 Å². The first kappa shape index (κ1) is 28.5. The van der Waals surface area contributed by atoms with Gasteiger partial charge in [0.25, 0.3) is 0 Å². The molecule has 2 amide bonds. The maximum absolute atomic E-state index is 12.8. The highest BCUT2D eigenvalue weighted by atomic mass is 16.3. The molecule has 0 heterocycles. The van der Waals surface area contributed by atoms with Crippen LogP contribution in [0.2, 0.25) is 0 Å². The molecule has 0 aliphatic rings. The van der Waals surface area contributed by atoms with E-state index in [0.717, 1.165) is 47.3 Å². The lowest BCUT2D eigenvalue weighted by atomic mass is 9.78. The molecule has 0 unspecified atom stereocenters. The second-order valence-corrected chi connectivity index (χ2v) is 11.7. The van der Waals surface area contributed by atoms with E-state index in [9.17, 15) is 9.90 Å². The molecule has 0 saturated carbocycles. The number of benzene rings is 2. The highest BCUT2D eigenvalue weighted by molar-refractivity contribution is 5.92. The Balaban J connectivity index is 2.24. The topological polar surface area (TPSA) is 52.6 Å². The van der Waals surface area contributed by atoms with Gasteiger partial charge >= 0.3 is 6.03 Å². The Morgan fingerprint density at radius 2 is 1.49 bits per heavy atom. The molecule has 0 aliphatic carbocycles. The van der Waals surface area contributed by atoms with Crippen molar-refractivity contribution in [2.45, 2.75) is 91.4 Å². The molecule has 0 radical (unpaired) electrons. The van der Waals surface area contributed by atoms with Gasteiger partial charge in [0.15, 0.2) is 0 Å². The fraction of sp³-hybridized carbons (Fsp3) is 0.516. The molecule has 4 nitrogen and oxygen atoms in total. The van der Waals surface area contributed by atoms with E-state index < -0.39 is 0 Å². The van der Waals surface area contributed by atoms with Crippen LogP contribution in [0.5, 0.6) is 5.75 Å². The summed E-state index contributed by atoms with van der Waals surface area (Å²) >= 11 is 0. The molecule has 2 aromatic carbocycles. The van der Waals surface area contributed by atoms with Gasteiger partial charge in [-0.2, -0.15) is 0 Å². The zero-order valence-corrected chi connectivity index (χ0v) is 23.2. The Kier molecular flexibility index (Phi) is 10.00. The van der Waals surface area contributed by atoms with Crippen LogP contribution in [0.3, 0.4) is 0 Å². The number of hydrogen-bond acceptors (Lipinski definition) is 2. The minimum Gasteiger partial charge on any atom is -0.507 e. The number of rotatable bonds is 9. The van der Waals surface area contributed by atoms with Gasteiger partial charge in [0, 0.05) is 30.4 Å². The molecule has 2 aromatic rings. The van der Waals surface area contributed by atoms with Crippen LogP contribution in [0, 0.1) is 0 Å². The van der Waals surface area contributed by atoms with Gasteiger partial charge in [-0.05, 0) is 46.6 Å². The van der Waals surface area contributed by atoms with Crippen molar-refractivity contribution in [1.82, 2.24) is 4.90 Å². The summed E-state index contributed by atoms with van der Waals surface area (Å²) in [6.07, 6.45) is 9.98. The highest BCUT2D eigenvalue weighted by Gasteiger charge is 2.26. The molecule has 2 rings (SSSR count). The van der Waals surface area contributed by atoms with Crippen molar-refractivity contribution in [2.75, 3.05) is 18.9 Å². The number of aromatic hydroxyl groups is 1. The van der Waals surface area contributed by atoms with E-state index in [1.54, 1.807) is 4.90 Å². The van der Waals surface area contributed by atoms with Gasteiger partial charge in [-0.25, -0.2) is 4.79 Å². The summed E-state index contributed by atoms with van der Waals surface area (Å²) in [6, 6.07) is 11.9. The average molecular weight is 479 g/mol. The third-order valence-corrected chi connectivity index (χ3v) is 6.35. The van der Waals surface area contributed by atoms with Gasteiger partial charge in [-0.3, -0.25) is 0 Å². The lowest BCUT2D eigenvalue weighted by Gasteiger charge is -2.27. The lowest BCUT2D eigenvalue weighted by molar-refractivity contribution is 0.221. The van der Waals surface area contributed by atoms with Crippen LogP contribution in [0.25, 0.3) is 12.2 Å². The SMILES string of the molecule is CCCCCCCN(C)C(=O)Nc1ccccc1C=Cc1cc(C(C)(C)C)c(O)c(C(C)(C)C)c1. The smallest absolute Gasteiger partial charge is 0.321 e. The van der Waals surface area contributed by atoms with Gasteiger partial charge in [0.2, 0.25) is 0 Å². The Bertz CT molecular complexity index is 974. The molecule has 0 spiro atoms. The van der Waals surface area contributed by atoms with E-state index in [1.807, 2.05) is 37.4 Å². The van der Waals surface area contributed by atoms with Crippen molar-refractivity contribution in [2.24, 2.45) is 0 Å². The van der Waals surface area contributed by atoms with E-state index in [4.69, 9.17) is 0 Å². The number of para-hydroxylation sites is 1. The average Bonchev–Trinajstić information content (AvgIpc) is 2.77. The first-order valence-corrected chi connectivity index (χ1v) is 13.0. The van der Waals surface area contributed by atoms with Crippen LogP contribution in [0.4, 0.5) is 10.5 Å². The molecule has 0 fully saturated rings. The number of nitrogens with one attached hydrogen (secondary N) is 1. The van der Waals surface area contributed by atoms with Crippen molar-refractivity contribution in [3.05, 3.63) is 58.7 Å². The molecule has 0 saturated heterocycles. The molecular weight excluding hydrogens is 432 g/mol. The van der Waals surface area contributed by atoms with Crippen LogP contribution in [-0.2, 0) is 10.8 Å². The van der Waals surface area contributed by atoms with Gasteiger partial charge < -0.3 is 15.3 Å². The van der Waals surface area contributed by atoms with Crippen LogP contribution in [-0.4, -0.2) is 29.6 Å². The first-order chi connectivity index (χ1) is 16.3. The van der Waals surface area contributed by atoms with Crippen molar-refractivity contribution in [3.63, 3.8) is 0 Å². The Morgan fingerprint density at radius 1 is 0.914 bits per heavy atom. The van der Waals surface area contributed by atoms with Gasteiger partial charge in [-0.15, -0.1) is 0 Å². The zero-order chi connectivity index (χ0) is 26.2. The normalized spacial score (nSPS) is 12.2. The second-order valence-electron chi connectivity index (χ2n) is 11.7. The van der Waals surface area contributed by atoms with Crippen LogP contribution in [0.1, 0.15) is 103 Å². The Hall–Kier alpha value is -2.75. The number of nitrogens with zero attached hydrogens (tertiary/aromatic N) is 1. The standard InChI is InChI=1S/C31H46N2O2/c1-9-10-11-12-15-20-33(8)29(35)32-27-17-14-13-16-24(27)19-18-23-21-25(30(2,3)4)28(34)26(22-23)31(5,6)7/h13-14,16-19,21-22,34H,9-12,15,20H2,1-8H3,(H,32,35). The summed E-state index contributed by atoms with van der Waals surface area (Å²) in [4.78, 5) is 14.5. The van der Waals surface area contributed by atoms with Crippen molar-refractivity contribution in [1.29, 1.82) is 0 Å². The second kappa shape index (κ2) is 12.3. The zero-order valence-electron chi connectivity index (χ0n) is 23.2. The highest BCUT2D eigenvalue weighted by Crippen LogP contribution is 2.40. The molecule has 0 aromatic heterocycles. The van der Waals surface area contributed by atoms with Gasteiger partial charge in [-0.1, -0.05) is 105 Å². The summed E-state index contributed by atoms with van der Waals surface area (Å²) in [5, 5.41) is 14.1. The number of anilines is 1. The Morgan fingerprint density at radius 3 is 2.06 bits per heavy atom. The van der Waals surface area contributed by atoms with Crippen molar-refractivity contribution in [3.8, 4) is 5.75 Å². The van der Waals surface area contributed by atoms with Crippen molar-refractivity contribution >= 4 is 23.9 Å². The maximum Gasteiger partial charge on any atom is 0.321 e. The minimum absolute atomic E-state index is 0.0870. The largest absolute Gasteiger partial charge is 0.507 e. The number of unbranched alkanes of at least 4 members (excludes halogenated alkanes) is 4. The van der Waals surface area contributed by atoms with Crippen LogP contribution >= 0.6 is 0 Å². The molecule has 2 N–H and O–H groups in total. The molecule has 4 heteroatoms. The molecule has 192 valence electrons. The number of amides is 2. The molecular formula is C31H46N2O2. The predicted molar refractivity (Wildman–Crippen MR) is 151 cm³/mol. The van der Waals surface area contributed by atoms with Gasteiger partial charge in [0.05, 0.1) is 0 Å². The van der Waals surface area contributed by atoms with E-state index >= 15 is 0 Å². The summed E-state index contributed by atoms with van der Waals surface area (Å²) in [5.74, 6) is 0.382. The summed E-state index contributed by atoms with van der Waals surface area (Å²) in [5.41, 5.74) is 4.28. The number of phenols is 1. The fourth-order valence-electron chi connectivity index (χ4n) is 4.10. The van der Waals surface area contributed by atoms with Gasteiger partial charge in [0.1, 0.15) is 5.75 Å². The summed E-state index contributed by atoms with van der Waals surface area (Å²) < 4.78 is 0. The van der Waals surface area contributed by atoms with E-state index in [2.05, 4.69) is 72.0 Å². The van der Waals surface area contributed by atoms with E-state index in [0.29, 0.717) is 5.75 Å². The number of urea groups is 1. The number of carbonyl (C=O) groups excluding carboxylic acids is 1. The number of carbonyl (C=O) groups is 1. The monoisotopic (exact) mass is 478 g/mol. The predicted octanol–water partition coefficient (Wildman–Crippen LogP) is 8.59. The first-order valence-electron chi connectivity index (χ1n) is 13.0. The summed E-state index contributed by atoms with van der Waals surface area (Å²) in [7, 11) is 1.85. The molecule has 35 heavy (non-hydrogen) atoms.